The maximum atomic E-state index is 6.06. The van der Waals surface area contributed by atoms with Crippen LogP contribution in [0.3, 0.4) is 0 Å². The molecule has 0 heterocycles. The first-order valence-corrected chi connectivity index (χ1v) is 6.04. The van der Waals surface area contributed by atoms with Crippen LogP contribution in [0.5, 0.6) is 5.75 Å². The minimum atomic E-state index is 0.444. The molecular formula is C14H12Cl2O. The van der Waals surface area contributed by atoms with E-state index in [-0.39, 0.29) is 0 Å². The van der Waals surface area contributed by atoms with Crippen LogP contribution in [0.4, 0.5) is 0 Å². The van der Waals surface area contributed by atoms with Gasteiger partial charge in [0.25, 0.3) is 0 Å². The van der Waals surface area contributed by atoms with Crippen molar-refractivity contribution in [3.05, 3.63) is 63.6 Å². The quantitative estimate of drug-likeness (QED) is 0.770. The summed E-state index contributed by atoms with van der Waals surface area (Å²) in [5.41, 5.74) is 2.10. The summed E-state index contributed by atoms with van der Waals surface area (Å²) in [4.78, 5) is 0. The third-order valence-electron chi connectivity index (χ3n) is 2.40. The lowest BCUT2D eigenvalue weighted by Gasteiger charge is -2.08. The highest BCUT2D eigenvalue weighted by molar-refractivity contribution is 6.35. The Bertz CT molecular complexity index is 523. The van der Waals surface area contributed by atoms with Gasteiger partial charge in [-0.25, -0.2) is 0 Å². The lowest BCUT2D eigenvalue weighted by atomic mass is 10.2. The van der Waals surface area contributed by atoms with Crippen molar-refractivity contribution in [2.24, 2.45) is 0 Å². The van der Waals surface area contributed by atoms with Gasteiger partial charge in [-0.2, -0.15) is 0 Å². The van der Waals surface area contributed by atoms with E-state index in [9.17, 15) is 0 Å². The van der Waals surface area contributed by atoms with Gasteiger partial charge in [0.15, 0.2) is 0 Å². The molecule has 17 heavy (non-hydrogen) atoms. The van der Waals surface area contributed by atoms with Gasteiger partial charge in [0, 0.05) is 15.6 Å². The van der Waals surface area contributed by atoms with E-state index in [4.69, 9.17) is 27.9 Å². The number of hydrogen-bond donors (Lipinski definition) is 0. The Balaban J connectivity index is 2.07. The number of benzene rings is 2. The van der Waals surface area contributed by atoms with Gasteiger partial charge in [-0.15, -0.1) is 0 Å². The fourth-order valence-electron chi connectivity index (χ4n) is 1.50. The molecule has 0 fully saturated rings. The van der Waals surface area contributed by atoms with Crippen LogP contribution in [0.1, 0.15) is 11.1 Å². The summed E-state index contributed by atoms with van der Waals surface area (Å²) in [6.07, 6.45) is 0. The van der Waals surface area contributed by atoms with Crippen LogP contribution in [0, 0.1) is 6.92 Å². The number of hydrogen-bond acceptors (Lipinski definition) is 1. The van der Waals surface area contributed by atoms with Crippen molar-refractivity contribution in [1.29, 1.82) is 0 Å². The van der Waals surface area contributed by atoms with Crippen molar-refractivity contribution >= 4 is 23.2 Å². The molecule has 1 nitrogen and oxygen atoms in total. The van der Waals surface area contributed by atoms with E-state index in [2.05, 4.69) is 0 Å². The number of ether oxygens (including phenoxy) is 1. The highest BCUT2D eigenvalue weighted by atomic mass is 35.5. The molecule has 0 saturated heterocycles. The minimum absolute atomic E-state index is 0.444. The molecule has 2 rings (SSSR count). The molecule has 2 aromatic carbocycles. The number of halogens is 2. The summed E-state index contributed by atoms with van der Waals surface area (Å²) < 4.78 is 5.67. The first kappa shape index (κ1) is 12.3. The van der Waals surface area contributed by atoms with Gasteiger partial charge in [0.05, 0.1) is 0 Å². The molecule has 0 bridgehead atoms. The second-order valence-electron chi connectivity index (χ2n) is 3.84. The second-order valence-corrected chi connectivity index (χ2v) is 4.68. The highest BCUT2D eigenvalue weighted by Gasteiger charge is 2.02. The average molecular weight is 267 g/mol. The Hall–Kier alpha value is -1.18. The molecule has 0 aliphatic rings. The van der Waals surface area contributed by atoms with Gasteiger partial charge in [0.1, 0.15) is 12.4 Å². The van der Waals surface area contributed by atoms with E-state index in [1.807, 2.05) is 43.3 Å². The SMILES string of the molecule is Cc1cccc(OCc2ccc(Cl)cc2Cl)c1. The molecule has 0 amide bonds. The summed E-state index contributed by atoms with van der Waals surface area (Å²) in [6.45, 7) is 2.47. The predicted octanol–water partition coefficient (Wildman–Crippen LogP) is 4.88. The summed E-state index contributed by atoms with van der Waals surface area (Å²) in [7, 11) is 0. The van der Waals surface area contributed by atoms with Crippen LogP contribution < -0.4 is 4.74 Å². The topological polar surface area (TPSA) is 9.23 Å². The molecule has 0 aliphatic heterocycles. The largest absolute Gasteiger partial charge is 0.489 e. The summed E-state index contributed by atoms with van der Waals surface area (Å²) in [6, 6.07) is 13.3. The predicted molar refractivity (Wildman–Crippen MR) is 72.0 cm³/mol. The van der Waals surface area contributed by atoms with E-state index in [0.717, 1.165) is 11.3 Å². The lowest BCUT2D eigenvalue weighted by molar-refractivity contribution is 0.306. The van der Waals surface area contributed by atoms with E-state index in [1.165, 1.54) is 5.56 Å². The van der Waals surface area contributed by atoms with Crippen molar-refractivity contribution in [3.8, 4) is 5.75 Å². The standard InChI is InChI=1S/C14H12Cl2O/c1-10-3-2-4-13(7-10)17-9-11-5-6-12(15)8-14(11)16/h2-8H,9H2,1H3. The van der Waals surface area contributed by atoms with Crippen LogP contribution in [-0.2, 0) is 6.61 Å². The van der Waals surface area contributed by atoms with E-state index < -0.39 is 0 Å². The van der Waals surface area contributed by atoms with E-state index >= 15 is 0 Å². The Labute approximate surface area is 111 Å². The molecule has 3 heteroatoms. The Morgan fingerprint density at radius 3 is 2.59 bits per heavy atom. The fraction of sp³-hybridized carbons (Fsp3) is 0.143. The van der Waals surface area contributed by atoms with Crippen LogP contribution >= 0.6 is 23.2 Å². The van der Waals surface area contributed by atoms with Gasteiger partial charge in [-0.05, 0) is 36.8 Å². The minimum Gasteiger partial charge on any atom is -0.489 e. The maximum Gasteiger partial charge on any atom is 0.120 e. The third-order valence-corrected chi connectivity index (χ3v) is 2.99. The van der Waals surface area contributed by atoms with Crippen LogP contribution in [-0.4, -0.2) is 0 Å². The molecule has 0 atom stereocenters. The molecule has 0 N–H and O–H groups in total. The number of aryl methyl sites for hydroxylation is 1. The van der Waals surface area contributed by atoms with Gasteiger partial charge in [-0.1, -0.05) is 41.4 Å². The fourth-order valence-corrected chi connectivity index (χ4v) is 1.97. The van der Waals surface area contributed by atoms with Gasteiger partial charge >= 0.3 is 0 Å². The molecule has 2 aromatic rings. The summed E-state index contributed by atoms with van der Waals surface area (Å²) >= 11 is 11.9. The summed E-state index contributed by atoms with van der Waals surface area (Å²) in [5.74, 6) is 0.844. The van der Waals surface area contributed by atoms with Crippen LogP contribution in [0.15, 0.2) is 42.5 Å². The van der Waals surface area contributed by atoms with Gasteiger partial charge in [-0.3, -0.25) is 0 Å². The van der Waals surface area contributed by atoms with Crippen LogP contribution in [0.2, 0.25) is 10.0 Å². The Morgan fingerprint density at radius 1 is 1.06 bits per heavy atom. The molecule has 0 aromatic heterocycles. The van der Waals surface area contributed by atoms with Crippen molar-refractivity contribution < 1.29 is 4.74 Å². The highest BCUT2D eigenvalue weighted by Crippen LogP contribution is 2.22. The maximum absolute atomic E-state index is 6.06. The molecule has 0 unspecified atom stereocenters. The first-order valence-electron chi connectivity index (χ1n) is 5.28. The van der Waals surface area contributed by atoms with Crippen LogP contribution in [0.25, 0.3) is 0 Å². The third kappa shape index (κ3) is 3.39. The first-order chi connectivity index (χ1) is 8.15. The summed E-state index contributed by atoms with van der Waals surface area (Å²) in [5, 5.41) is 1.26. The van der Waals surface area contributed by atoms with Gasteiger partial charge in [0.2, 0.25) is 0 Å². The van der Waals surface area contributed by atoms with E-state index in [1.54, 1.807) is 6.07 Å². The zero-order chi connectivity index (χ0) is 12.3. The number of rotatable bonds is 3. The molecule has 0 saturated carbocycles. The molecular weight excluding hydrogens is 255 g/mol. The average Bonchev–Trinajstić information content (AvgIpc) is 2.28. The molecule has 0 aliphatic carbocycles. The smallest absolute Gasteiger partial charge is 0.120 e. The van der Waals surface area contributed by atoms with Crippen molar-refractivity contribution in [2.45, 2.75) is 13.5 Å². The lowest BCUT2D eigenvalue weighted by Crippen LogP contribution is -1.96. The molecule has 88 valence electrons. The Morgan fingerprint density at radius 2 is 1.88 bits per heavy atom. The van der Waals surface area contributed by atoms with Gasteiger partial charge < -0.3 is 4.74 Å². The van der Waals surface area contributed by atoms with Crippen molar-refractivity contribution in [1.82, 2.24) is 0 Å². The van der Waals surface area contributed by atoms with E-state index in [0.29, 0.717) is 16.7 Å². The van der Waals surface area contributed by atoms with Crippen molar-refractivity contribution in [3.63, 3.8) is 0 Å². The molecule has 0 spiro atoms. The molecule has 0 radical (unpaired) electrons. The zero-order valence-corrected chi connectivity index (χ0v) is 10.9. The monoisotopic (exact) mass is 266 g/mol. The Kier molecular flexibility index (Phi) is 3.93. The van der Waals surface area contributed by atoms with Crippen molar-refractivity contribution in [2.75, 3.05) is 0 Å². The zero-order valence-electron chi connectivity index (χ0n) is 9.41. The second kappa shape index (κ2) is 5.44. The normalized spacial score (nSPS) is 10.3.